The number of thiazole rings is 1. The van der Waals surface area contributed by atoms with Crippen molar-refractivity contribution in [2.24, 2.45) is 19.1 Å². The third-order valence-electron chi connectivity index (χ3n) is 7.11. The number of hydrogen-bond acceptors (Lipinski definition) is 9. The molecule has 3 heterocycles. The van der Waals surface area contributed by atoms with E-state index >= 15 is 0 Å². The van der Waals surface area contributed by atoms with Crippen LogP contribution in [-0.2, 0) is 23.6 Å². The van der Waals surface area contributed by atoms with Gasteiger partial charge < -0.3 is 18.9 Å². The van der Waals surface area contributed by atoms with Gasteiger partial charge in [0, 0.05) is 14.1 Å². The number of imidazole rings is 1. The van der Waals surface area contributed by atoms with E-state index in [9.17, 15) is 14.4 Å². The van der Waals surface area contributed by atoms with E-state index in [1.807, 2.05) is 18.2 Å². The average Bonchev–Trinajstić information content (AvgIpc) is 3.38. The van der Waals surface area contributed by atoms with Crippen LogP contribution in [0.4, 0.5) is 0 Å². The van der Waals surface area contributed by atoms with E-state index in [1.54, 1.807) is 55.3 Å². The van der Waals surface area contributed by atoms with E-state index in [0.29, 0.717) is 37.8 Å². The number of ether oxygens (including phenoxy) is 4. The van der Waals surface area contributed by atoms with Crippen LogP contribution in [-0.4, -0.2) is 47.6 Å². The molecule has 0 fully saturated rings. The molecule has 0 radical (unpaired) electrons. The molecule has 214 valence electrons. The zero-order valence-electron chi connectivity index (χ0n) is 23.8. The zero-order valence-corrected chi connectivity index (χ0v) is 24.6. The molecule has 0 amide bonds. The van der Waals surface area contributed by atoms with Gasteiger partial charge in [-0.05, 0) is 55.3 Å². The van der Waals surface area contributed by atoms with Crippen LogP contribution in [0.2, 0.25) is 0 Å². The van der Waals surface area contributed by atoms with E-state index < -0.39 is 12.0 Å². The van der Waals surface area contributed by atoms with Crippen LogP contribution in [0, 0.1) is 0 Å². The van der Waals surface area contributed by atoms with E-state index in [2.05, 4.69) is 4.99 Å². The number of nitrogens with zero attached hydrogens (tertiary/aromatic N) is 4. The van der Waals surface area contributed by atoms with Crippen molar-refractivity contribution >= 4 is 34.4 Å². The van der Waals surface area contributed by atoms with Crippen LogP contribution in [0.5, 0.6) is 17.2 Å². The van der Waals surface area contributed by atoms with Gasteiger partial charge in [0.2, 0.25) is 5.75 Å². The van der Waals surface area contributed by atoms with Gasteiger partial charge in [0.15, 0.2) is 16.3 Å². The largest absolute Gasteiger partial charge is 0.493 e. The Balaban J connectivity index is 1.76. The summed E-state index contributed by atoms with van der Waals surface area (Å²) in [4.78, 5) is 44.7. The molecular formula is C29H30N4O7S. The van der Waals surface area contributed by atoms with Crippen LogP contribution in [0.3, 0.4) is 0 Å². The van der Waals surface area contributed by atoms with Crippen LogP contribution in [0.25, 0.3) is 17.1 Å². The van der Waals surface area contributed by atoms with Crippen LogP contribution >= 0.6 is 11.3 Å². The van der Waals surface area contributed by atoms with E-state index in [0.717, 1.165) is 16.6 Å². The third-order valence-corrected chi connectivity index (χ3v) is 8.10. The fourth-order valence-electron chi connectivity index (χ4n) is 5.13. The topological polar surface area (TPSA) is 115 Å². The minimum atomic E-state index is -0.862. The first-order valence-electron chi connectivity index (χ1n) is 12.8. The quantitative estimate of drug-likeness (QED) is 0.308. The molecule has 1 aliphatic heterocycles. The maximum absolute atomic E-state index is 14.0. The summed E-state index contributed by atoms with van der Waals surface area (Å²) in [6, 6.07) is 8.13. The molecule has 2 aromatic carbocycles. The van der Waals surface area contributed by atoms with Gasteiger partial charge >= 0.3 is 11.7 Å². The molecule has 5 rings (SSSR count). The summed E-state index contributed by atoms with van der Waals surface area (Å²) in [5.41, 5.74) is 3.05. The molecule has 0 bridgehead atoms. The predicted octanol–water partition coefficient (Wildman–Crippen LogP) is 2.01. The van der Waals surface area contributed by atoms with Gasteiger partial charge in [-0.25, -0.2) is 14.6 Å². The highest BCUT2D eigenvalue weighted by Gasteiger charge is 2.34. The number of carbonyl (C=O) groups excluding carboxylic acids is 1. The predicted molar refractivity (Wildman–Crippen MR) is 155 cm³/mol. The Hall–Kier alpha value is -4.58. The van der Waals surface area contributed by atoms with Gasteiger partial charge in [0.05, 0.1) is 60.8 Å². The summed E-state index contributed by atoms with van der Waals surface area (Å²) >= 11 is 1.21. The lowest BCUT2D eigenvalue weighted by Gasteiger charge is -2.26. The number of esters is 1. The Kier molecular flexibility index (Phi) is 7.35. The molecule has 0 N–H and O–H groups in total. The molecular weight excluding hydrogens is 548 g/mol. The van der Waals surface area contributed by atoms with Crippen molar-refractivity contribution in [3.05, 3.63) is 82.9 Å². The van der Waals surface area contributed by atoms with Crippen LogP contribution < -0.4 is 34.8 Å². The Morgan fingerprint density at radius 1 is 1.00 bits per heavy atom. The summed E-state index contributed by atoms with van der Waals surface area (Å²) in [6.45, 7) is 3.60. The minimum Gasteiger partial charge on any atom is -0.493 e. The maximum atomic E-state index is 14.0. The van der Waals surface area contributed by atoms with Crippen molar-refractivity contribution in [3.8, 4) is 17.2 Å². The van der Waals surface area contributed by atoms with Crippen molar-refractivity contribution < 1.29 is 23.7 Å². The second kappa shape index (κ2) is 10.8. The number of aromatic nitrogens is 3. The number of methoxy groups -OCH3 is 3. The van der Waals surface area contributed by atoms with Gasteiger partial charge in [-0.1, -0.05) is 17.4 Å². The molecule has 0 aliphatic carbocycles. The molecule has 41 heavy (non-hydrogen) atoms. The summed E-state index contributed by atoms with van der Waals surface area (Å²) < 4.78 is 27.0. The van der Waals surface area contributed by atoms with Gasteiger partial charge in [-0.3, -0.25) is 18.5 Å². The number of hydrogen-bond donors (Lipinski definition) is 0. The summed E-state index contributed by atoms with van der Waals surface area (Å²) in [5.74, 6) is 0.569. The first kappa shape index (κ1) is 28.0. The van der Waals surface area contributed by atoms with Crippen molar-refractivity contribution in [1.29, 1.82) is 0 Å². The van der Waals surface area contributed by atoms with Crippen LogP contribution in [0.1, 0.15) is 31.0 Å². The molecule has 2 aromatic heterocycles. The van der Waals surface area contributed by atoms with Gasteiger partial charge in [-0.2, -0.15) is 0 Å². The Labute approximate surface area is 238 Å². The minimum absolute atomic E-state index is 0.135. The number of fused-ring (bicyclic) bond motifs is 2. The Bertz CT molecular complexity index is 1950. The highest BCUT2D eigenvalue weighted by atomic mass is 32.1. The van der Waals surface area contributed by atoms with E-state index in [-0.39, 0.29) is 23.4 Å². The molecule has 0 spiro atoms. The SMILES string of the molecule is CCOC(=O)C1=C(C)N=c2s/c(=C/c3ccc4c(c3)n(C)c(=O)n4C)c(=O)n2[C@H]1c1cc(OC)c(OC)c(OC)c1. The average molecular weight is 579 g/mol. The Morgan fingerprint density at radius 2 is 1.66 bits per heavy atom. The van der Waals surface area contributed by atoms with Crippen molar-refractivity contribution in [1.82, 2.24) is 13.7 Å². The molecule has 0 saturated heterocycles. The molecule has 1 atom stereocenters. The highest BCUT2D eigenvalue weighted by Crippen LogP contribution is 2.42. The molecule has 11 nitrogen and oxygen atoms in total. The van der Waals surface area contributed by atoms with Gasteiger partial charge in [0.25, 0.3) is 5.56 Å². The van der Waals surface area contributed by atoms with Gasteiger partial charge in [0.1, 0.15) is 0 Å². The normalized spacial score (nSPS) is 15.1. The number of carbonyl (C=O) groups is 1. The number of rotatable bonds is 7. The molecule has 4 aromatic rings. The molecule has 0 saturated carbocycles. The summed E-state index contributed by atoms with van der Waals surface area (Å²) in [7, 11) is 7.93. The highest BCUT2D eigenvalue weighted by molar-refractivity contribution is 7.07. The number of allylic oxidation sites excluding steroid dienone is 1. The standard InChI is InChI=1S/C29H30N4O7S/c1-8-40-27(35)23-15(2)30-28-33(24(23)17-13-20(37-5)25(39-7)21(14-17)38-6)26(34)22(41-28)12-16-9-10-18-19(11-16)32(4)29(36)31(18)3/h9-14,24H,8H2,1-7H3/b22-12+/t24-/m0/s1. The molecule has 12 heteroatoms. The Morgan fingerprint density at radius 3 is 2.27 bits per heavy atom. The fourth-order valence-corrected chi connectivity index (χ4v) is 6.18. The lowest BCUT2D eigenvalue weighted by Crippen LogP contribution is -2.40. The second-order valence-electron chi connectivity index (χ2n) is 9.41. The van der Waals surface area contributed by atoms with E-state index in [1.165, 1.54) is 37.2 Å². The summed E-state index contributed by atoms with van der Waals surface area (Å²) in [6.07, 6.45) is 1.76. The lowest BCUT2D eigenvalue weighted by molar-refractivity contribution is -0.139. The fraction of sp³-hybridized carbons (Fsp3) is 0.310. The van der Waals surface area contributed by atoms with Gasteiger partial charge in [-0.15, -0.1) is 0 Å². The van der Waals surface area contributed by atoms with Crippen molar-refractivity contribution in [3.63, 3.8) is 0 Å². The number of benzene rings is 2. The lowest BCUT2D eigenvalue weighted by atomic mass is 9.95. The molecule has 0 unspecified atom stereocenters. The van der Waals surface area contributed by atoms with Crippen LogP contribution in [0.15, 0.2) is 56.2 Å². The smallest absolute Gasteiger partial charge is 0.338 e. The third kappa shape index (κ3) is 4.53. The molecule has 1 aliphatic rings. The number of aryl methyl sites for hydroxylation is 2. The van der Waals surface area contributed by atoms with E-state index in [4.69, 9.17) is 18.9 Å². The first-order chi connectivity index (χ1) is 19.6. The monoisotopic (exact) mass is 578 g/mol. The zero-order chi connectivity index (χ0) is 29.6. The second-order valence-corrected chi connectivity index (χ2v) is 10.4. The van der Waals surface area contributed by atoms with Crippen molar-refractivity contribution in [2.45, 2.75) is 19.9 Å². The maximum Gasteiger partial charge on any atom is 0.338 e. The van der Waals surface area contributed by atoms with Crippen molar-refractivity contribution in [2.75, 3.05) is 27.9 Å². The first-order valence-corrected chi connectivity index (χ1v) is 13.6. The summed E-state index contributed by atoms with van der Waals surface area (Å²) in [5, 5.41) is 0.